The van der Waals surface area contributed by atoms with Crippen LogP contribution in [0.4, 0.5) is 0 Å². The van der Waals surface area contributed by atoms with Crippen LogP contribution in [-0.4, -0.2) is 19.2 Å². The number of ether oxygens (including phenoxy) is 1. The van der Waals surface area contributed by atoms with Crippen LogP contribution in [0.1, 0.15) is 38.0 Å². The summed E-state index contributed by atoms with van der Waals surface area (Å²) < 4.78 is 5.78. The van der Waals surface area contributed by atoms with Gasteiger partial charge in [-0.05, 0) is 50.7 Å². The lowest BCUT2D eigenvalue weighted by Crippen LogP contribution is -2.18. The standard InChI is InChI=1S/C13H23NOS/c1-3-8-14-9-4-6-12(2)15-11-13-7-5-10-16-13/h5,7,10,12,14H,3-4,6,8-9,11H2,1-2H3. The van der Waals surface area contributed by atoms with Gasteiger partial charge in [-0.15, -0.1) is 11.3 Å². The highest BCUT2D eigenvalue weighted by Crippen LogP contribution is 2.12. The van der Waals surface area contributed by atoms with Gasteiger partial charge in [0.25, 0.3) is 0 Å². The molecule has 2 nitrogen and oxygen atoms in total. The smallest absolute Gasteiger partial charge is 0.0812 e. The lowest BCUT2D eigenvalue weighted by atomic mass is 10.2. The number of thiophene rings is 1. The minimum absolute atomic E-state index is 0.366. The Morgan fingerprint density at radius 1 is 1.44 bits per heavy atom. The van der Waals surface area contributed by atoms with Crippen LogP contribution in [0.3, 0.4) is 0 Å². The summed E-state index contributed by atoms with van der Waals surface area (Å²) in [6.45, 7) is 7.36. The van der Waals surface area contributed by atoms with Gasteiger partial charge in [0, 0.05) is 4.88 Å². The molecule has 0 bridgehead atoms. The van der Waals surface area contributed by atoms with E-state index in [-0.39, 0.29) is 0 Å². The molecular formula is C13H23NOS. The van der Waals surface area contributed by atoms with Crippen LogP contribution in [0.5, 0.6) is 0 Å². The topological polar surface area (TPSA) is 21.3 Å². The quantitative estimate of drug-likeness (QED) is 0.669. The van der Waals surface area contributed by atoms with E-state index >= 15 is 0 Å². The number of nitrogens with one attached hydrogen (secondary N) is 1. The zero-order valence-corrected chi connectivity index (χ0v) is 11.2. The van der Waals surface area contributed by atoms with E-state index in [2.05, 4.69) is 36.7 Å². The van der Waals surface area contributed by atoms with E-state index in [9.17, 15) is 0 Å². The van der Waals surface area contributed by atoms with Gasteiger partial charge in [-0.3, -0.25) is 0 Å². The van der Waals surface area contributed by atoms with Gasteiger partial charge in [0.05, 0.1) is 12.7 Å². The lowest BCUT2D eigenvalue weighted by Gasteiger charge is -2.12. The molecule has 0 aliphatic rings. The molecule has 1 N–H and O–H groups in total. The molecule has 1 rings (SSSR count). The summed E-state index contributed by atoms with van der Waals surface area (Å²) >= 11 is 1.76. The van der Waals surface area contributed by atoms with Crippen molar-refractivity contribution in [1.82, 2.24) is 5.32 Å². The maximum Gasteiger partial charge on any atom is 0.0812 e. The molecule has 0 fully saturated rings. The fourth-order valence-corrected chi connectivity index (χ4v) is 2.14. The van der Waals surface area contributed by atoms with Gasteiger partial charge in [0.2, 0.25) is 0 Å². The van der Waals surface area contributed by atoms with Crippen LogP contribution >= 0.6 is 11.3 Å². The van der Waals surface area contributed by atoms with Crippen molar-refractivity contribution >= 4 is 11.3 Å². The van der Waals surface area contributed by atoms with E-state index < -0.39 is 0 Å². The van der Waals surface area contributed by atoms with Crippen molar-refractivity contribution in [2.24, 2.45) is 0 Å². The highest BCUT2D eigenvalue weighted by atomic mass is 32.1. The molecule has 1 aromatic heterocycles. The first-order chi connectivity index (χ1) is 7.83. The number of hydrogen-bond acceptors (Lipinski definition) is 3. The van der Waals surface area contributed by atoms with Crippen molar-refractivity contribution < 1.29 is 4.74 Å². The van der Waals surface area contributed by atoms with Crippen LogP contribution in [0.25, 0.3) is 0 Å². The van der Waals surface area contributed by atoms with E-state index in [4.69, 9.17) is 4.74 Å². The molecule has 0 saturated heterocycles. The van der Waals surface area contributed by atoms with Crippen molar-refractivity contribution in [3.8, 4) is 0 Å². The first-order valence-electron chi connectivity index (χ1n) is 6.17. The van der Waals surface area contributed by atoms with E-state index in [1.54, 1.807) is 11.3 Å². The zero-order chi connectivity index (χ0) is 11.6. The monoisotopic (exact) mass is 241 g/mol. The second-order valence-electron chi connectivity index (χ2n) is 4.09. The lowest BCUT2D eigenvalue weighted by molar-refractivity contribution is 0.0480. The summed E-state index contributed by atoms with van der Waals surface area (Å²) in [6, 6.07) is 4.20. The predicted octanol–water partition coefficient (Wildman–Crippen LogP) is 3.43. The van der Waals surface area contributed by atoms with Crippen molar-refractivity contribution in [3.63, 3.8) is 0 Å². The summed E-state index contributed by atoms with van der Waals surface area (Å²) in [5.41, 5.74) is 0. The van der Waals surface area contributed by atoms with Crippen molar-refractivity contribution in [1.29, 1.82) is 0 Å². The summed E-state index contributed by atoms with van der Waals surface area (Å²) in [5.74, 6) is 0. The third kappa shape index (κ3) is 6.26. The van der Waals surface area contributed by atoms with Gasteiger partial charge < -0.3 is 10.1 Å². The van der Waals surface area contributed by atoms with Gasteiger partial charge >= 0.3 is 0 Å². The zero-order valence-electron chi connectivity index (χ0n) is 10.4. The van der Waals surface area contributed by atoms with E-state index in [0.29, 0.717) is 6.10 Å². The minimum Gasteiger partial charge on any atom is -0.373 e. The van der Waals surface area contributed by atoms with Crippen LogP contribution < -0.4 is 5.32 Å². The van der Waals surface area contributed by atoms with Gasteiger partial charge in [0.15, 0.2) is 0 Å². The van der Waals surface area contributed by atoms with Gasteiger partial charge in [0.1, 0.15) is 0 Å². The second kappa shape index (κ2) is 8.74. The maximum atomic E-state index is 5.78. The van der Waals surface area contributed by atoms with Gasteiger partial charge in [-0.1, -0.05) is 13.0 Å². The third-order valence-electron chi connectivity index (χ3n) is 2.48. The van der Waals surface area contributed by atoms with Crippen molar-refractivity contribution in [2.75, 3.05) is 13.1 Å². The molecule has 92 valence electrons. The van der Waals surface area contributed by atoms with E-state index in [1.165, 1.54) is 17.7 Å². The summed E-state index contributed by atoms with van der Waals surface area (Å²) in [5, 5.41) is 5.50. The Labute approximate surface area is 103 Å². The maximum absolute atomic E-state index is 5.78. The Morgan fingerprint density at radius 2 is 2.31 bits per heavy atom. The summed E-state index contributed by atoms with van der Waals surface area (Å²) in [4.78, 5) is 1.32. The Balaban J connectivity index is 1.96. The molecule has 1 aromatic rings. The average molecular weight is 241 g/mol. The molecule has 1 heterocycles. The normalized spacial score (nSPS) is 12.9. The van der Waals surface area contributed by atoms with Crippen LogP contribution in [0, 0.1) is 0 Å². The Kier molecular flexibility index (Phi) is 7.47. The second-order valence-corrected chi connectivity index (χ2v) is 5.13. The molecule has 0 aliphatic carbocycles. The average Bonchev–Trinajstić information content (AvgIpc) is 2.79. The SMILES string of the molecule is CCCNCCCC(C)OCc1cccs1. The molecule has 0 spiro atoms. The summed E-state index contributed by atoms with van der Waals surface area (Å²) in [7, 11) is 0. The molecule has 1 atom stereocenters. The molecule has 0 aromatic carbocycles. The van der Waals surface area contributed by atoms with Crippen molar-refractivity contribution in [3.05, 3.63) is 22.4 Å². The molecule has 0 amide bonds. The first-order valence-corrected chi connectivity index (χ1v) is 7.05. The molecular weight excluding hydrogens is 218 g/mol. The third-order valence-corrected chi connectivity index (χ3v) is 3.33. The highest BCUT2D eigenvalue weighted by molar-refractivity contribution is 7.09. The predicted molar refractivity (Wildman–Crippen MR) is 71.0 cm³/mol. The summed E-state index contributed by atoms with van der Waals surface area (Å²) in [6.07, 6.45) is 3.92. The van der Waals surface area contributed by atoms with Crippen LogP contribution in [0.15, 0.2) is 17.5 Å². The molecule has 0 radical (unpaired) electrons. The van der Waals surface area contributed by atoms with E-state index in [1.807, 2.05) is 0 Å². The van der Waals surface area contributed by atoms with Crippen LogP contribution in [-0.2, 0) is 11.3 Å². The molecule has 1 unspecified atom stereocenters. The van der Waals surface area contributed by atoms with E-state index in [0.717, 1.165) is 26.1 Å². The van der Waals surface area contributed by atoms with Crippen molar-refractivity contribution in [2.45, 2.75) is 45.8 Å². The molecule has 16 heavy (non-hydrogen) atoms. The first kappa shape index (κ1) is 13.7. The molecule has 0 aliphatic heterocycles. The Bertz CT molecular complexity index is 248. The minimum atomic E-state index is 0.366. The Hall–Kier alpha value is -0.380. The molecule has 3 heteroatoms. The number of hydrogen-bond donors (Lipinski definition) is 1. The number of rotatable bonds is 9. The van der Waals surface area contributed by atoms with Gasteiger partial charge in [-0.2, -0.15) is 0 Å². The Morgan fingerprint density at radius 3 is 3.00 bits per heavy atom. The molecule has 0 saturated carbocycles. The largest absolute Gasteiger partial charge is 0.373 e. The van der Waals surface area contributed by atoms with Crippen LogP contribution in [0.2, 0.25) is 0 Å². The van der Waals surface area contributed by atoms with Gasteiger partial charge in [-0.25, -0.2) is 0 Å². The highest BCUT2D eigenvalue weighted by Gasteiger charge is 2.02. The fourth-order valence-electron chi connectivity index (χ4n) is 1.52. The fraction of sp³-hybridized carbons (Fsp3) is 0.692.